The Balaban J connectivity index is 1.88. The van der Waals surface area contributed by atoms with E-state index in [1.807, 2.05) is 0 Å². The molecule has 0 radical (unpaired) electrons. The van der Waals surface area contributed by atoms with Gasteiger partial charge in [-0.3, -0.25) is 0 Å². The van der Waals surface area contributed by atoms with Crippen LogP contribution in [0.4, 0.5) is 13.2 Å². The fourth-order valence-corrected chi connectivity index (χ4v) is 2.45. The predicted octanol–water partition coefficient (Wildman–Crippen LogP) is 2.79. The van der Waals surface area contributed by atoms with Gasteiger partial charge in [0.2, 0.25) is 0 Å². The minimum Gasteiger partial charge on any atom is -0.317 e. The standard InChI is InChI=1S/C14H19F3N2/c15-14(16,17)13-4-2-1-3-12(13)10-19-9-11-5-7-18-8-6-11/h1-4,11,18-19H,5-10H2. The van der Waals surface area contributed by atoms with Gasteiger partial charge in [0.1, 0.15) is 0 Å². The Morgan fingerprint density at radius 2 is 1.84 bits per heavy atom. The monoisotopic (exact) mass is 272 g/mol. The summed E-state index contributed by atoms with van der Waals surface area (Å²) in [5.74, 6) is 0.569. The summed E-state index contributed by atoms with van der Waals surface area (Å²) in [5.41, 5.74) is -0.211. The number of piperidine rings is 1. The largest absolute Gasteiger partial charge is 0.416 e. The summed E-state index contributed by atoms with van der Waals surface area (Å²) < 4.78 is 38.4. The molecule has 0 aliphatic carbocycles. The Morgan fingerprint density at radius 3 is 2.53 bits per heavy atom. The van der Waals surface area contributed by atoms with Crippen molar-refractivity contribution in [1.82, 2.24) is 10.6 Å². The number of benzene rings is 1. The van der Waals surface area contributed by atoms with Crippen molar-refractivity contribution in [3.63, 3.8) is 0 Å². The van der Waals surface area contributed by atoms with Crippen molar-refractivity contribution in [3.05, 3.63) is 35.4 Å². The fourth-order valence-electron chi connectivity index (χ4n) is 2.45. The van der Waals surface area contributed by atoms with Crippen LogP contribution >= 0.6 is 0 Å². The summed E-state index contributed by atoms with van der Waals surface area (Å²) in [6, 6.07) is 5.76. The van der Waals surface area contributed by atoms with Crippen molar-refractivity contribution in [1.29, 1.82) is 0 Å². The zero-order valence-electron chi connectivity index (χ0n) is 10.8. The molecule has 1 aliphatic rings. The van der Waals surface area contributed by atoms with Gasteiger partial charge >= 0.3 is 6.18 Å². The molecule has 2 rings (SSSR count). The van der Waals surface area contributed by atoms with Crippen LogP contribution in [0, 0.1) is 5.92 Å². The Hall–Kier alpha value is -1.07. The van der Waals surface area contributed by atoms with Crippen LogP contribution in [0.3, 0.4) is 0 Å². The third kappa shape index (κ3) is 4.21. The molecular weight excluding hydrogens is 253 g/mol. The van der Waals surface area contributed by atoms with Crippen LogP contribution in [-0.4, -0.2) is 19.6 Å². The SMILES string of the molecule is FC(F)(F)c1ccccc1CNCC1CCNCC1. The molecule has 1 aromatic rings. The predicted molar refractivity (Wildman–Crippen MR) is 68.7 cm³/mol. The first-order valence-corrected chi connectivity index (χ1v) is 6.64. The molecule has 106 valence electrons. The molecule has 1 fully saturated rings. The molecule has 0 unspecified atom stereocenters. The second-order valence-electron chi connectivity index (χ2n) is 4.98. The number of alkyl halides is 3. The van der Waals surface area contributed by atoms with Crippen LogP contribution in [0.2, 0.25) is 0 Å². The van der Waals surface area contributed by atoms with Crippen LogP contribution in [0.15, 0.2) is 24.3 Å². The summed E-state index contributed by atoms with van der Waals surface area (Å²) in [4.78, 5) is 0. The molecule has 1 saturated heterocycles. The minimum absolute atomic E-state index is 0.277. The lowest BCUT2D eigenvalue weighted by atomic mass is 9.98. The Labute approximate surface area is 111 Å². The van der Waals surface area contributed by atoms with E-state index in [0.717, 1.165) is 38.5 Å². The highest BCUT2D eigenvalue weighted by molar-refractivity contribution is 5.29. The summed E-state index contributed by atoms with van der Waals surface area (Å²) in [6.07, 6.45) is -2.09. The maximum absolute atomic E-state index is 12.8. The normalized spacial score (nSPS) is 17.6. The van der Waals surface area contributed by atoms with Gasteiger partial charge in [-0.2, -0.15) is 13.2 Å². The Morgan fingerprint density at radius 1 is 1.16 bits per heavy atom. The highest BCUT2D eigenvalue weighted by Gasteiger charge is 2.32. The molecule has 0 saturated carbocycles. The van der Waals surface area contributed by atoms with Crippen LogP contribution in [0.25, 0.3) is 0 Å². The molecule has 0 atom stereocenters. The van der Waals surface area contributed by atoms with E-state index in [1.54, 1.807) is 6.07 Å². The van der Waals surface area contributed by atoms with Crippen LogP contribution in [-0.2, 0) is 12.7 Å². The number of halogens is 3. The first-order valence-electron chi connectivity index (χ1n) is 6.64. The summed E-state index contributed by atoms with van der Waals surface area (Å²) in [6.45, 7) is 3.07. The second kappa shape index (κ2) is 6.39. The Kier molecular flexibility index (Phi) is 4.82. The van der Waals surface area contributed by atoms with Gasteiger partial charge in [-0.25, -0.2) is 0 Å². The minimum atomic E-state index is -4.27. The maximum Gasteiger partial charge on any atom is 0.416 e. The quantitative estimate of drug-likeness (QED) is 0.880. The molecule has 1 heterocycles. The topological polar surface area (TPSA) is 24.1 Å². The van der Waals surface area contributed by atoms with E-state index >= 15 is 0 Å². The zero-order chi connectivity index (χ0) is 13.7. The van der Waals surface area contributed by atoms with Gasteiger partial charge in [0.15, 0.2) is 0 Å². The van der Waals surface area contributed by atoms with Gasteiger partial charge in [-0.1, -0.05) is 18.2 Å². The average Bonchev–Trinajstić information content (AvgIpc) is 2.39. The first kappa shape index (κ1) is 14.3. The lowest BCUT2D eigenvalue weighted by Crippen LogP contribution is -2.33. The highest BCUT2D eigenvalue weighted by Crippen LogP contribution is 2.31. The zero-order valence-corrected chi connectivity index (χ0v) is 10.8. The van der Waals surface area contributed by atoms with Gasteiger partial charge in [0, 0.05) is 6.54 Å². The molecule has 0 aromatic heterocycles. The van der Waals surface area contributed by atoms with Crippen molar-refractivity contribution in [2.45, 2.75) is 25.6 Å². The van der Waals surface area contributed by atoms with Crippen molar-refractivity contribution in [3.8, 4) is 0 Å². The fraction of sp³-hybridized carbons (Fsp3) is 0.571. The first-order chi connectivity index (χ1) is 9.07. The molecule has 19 heavy (non-hydrogen) atoms. The molecule has 0 amide bonds. The van der Waals surface area contributed by atoms with Crippen LogP contribution in [0.5, 0.6) is 0 Å². The summed E-state index contributed by atoms with van der Waals surface area (Å²) >= 11 is 0. The van der Waals surface area contributed by atoms with E-state index in [0.29, 0.717) is 11.5 Å². The number of nitrogens with one attached hydrogen (secondary N) is 2. The van der Waals surface area contributed by atoms with E-state index in [1.165, 1.54) is 12.1 Å². The Bertz CT molecular complexity index is 398. The van der Waals surface area contributed by atoms with Crippen LogP contribution in [0.1, 0.15) is 24.0 Å². The molecular formula is C14H19F3N2. The number of rotatable bonds is 4. The molecule has 5 heteroatoms. The third-order valence-corrected chi connectivity index (χ3v) is 3.53. The lowest BCUT2D eigenvalue weighted by molar-refractivity contribution is -0.138. The molecule has 1 aliphatic heterocycles. The lowest BCUT2D eigenvalue weighted by Gasteiger charge is -2.23. The molecule has 0 bridgehead atoms. The van der Waals surface area contributed by atoms with Crippen molar-refractivity contribution >= 4 is 0 Å². The van der Waals surface area contributed by atoms with E-state index in [9.17, 15) is 13.2 Å². The smallest absolute Gasteiger partial charge is 0.317 e. The van der Waals surface area contributed by atoms with Crippen LogP contribution < -0.4 is 10.6 Å². The molecule has 2 nitrogen and oxygen atoms in total. The summed E-state index contributed by atoms with van der Waals surface area (Å²) in [5, 5.41) is 6.43. The van der Waals surface area contributed by atoms with Gasteiger partial charge in [0.25, 0.3) is 0 Å². The van der Waals surface area contributed by atoms with E-state index in [2.05, 4.69) is 10.6 Å². The van der Waals surface area contributed by atoms with E-state index in [-0.39, 0.29) is 6.54 Å². The number of hydrogen-bond acceptors (Lipinski definition) is 2. The van der Waals surface area contributed by atoms with Gasteiger partial charge in [-0.05, 0) is 50.0 Å². The van der Waals surface area contributed by atoms with Crippen molar-refractivity contribution in [2.75, 3.05) is 19.6 Å². The molecule has 1 aromatic carbocycles. The van der Waals surface area contributed by atoms with Gasteiger partial charge in [-0.15, -0.1) is 0 Å². The average molecular weight is 272 g/mol. The third-order valence-electron chi connectivity index (χ3n) is 3.53. The van der Waals surface area contributed by atoms with Gasteiger partial charge in [0.05, 0.1) is 5.56 Å². The van der Waals surface area contributed by atoms with Crippen molar-refractivity contribution < 1.29 is 13.2 Å². The van der Waals surface area contributed by atoms with E-state index in [4.69, 9.17) is 0 Å². The highest BCUT2D eigenvalue weighted by atomic mass is 19.4. The number of hydrogen-bond donors (Lipinski definition) is 2. The molecule has 2 N–H and O–H groups in total. The maximum atomic E-state index is 12.8. The molecule has 0 spiro atoms. The van der Waals surface area contributed by atoms with Crippen molar-refractivity contribution in [2.24, 2.45) is 5.92 Å². The van der Waals surface area contributed by atoms with E-state index < -0.39 is 11.7 Å². The summed E-state index contributed by atoms with van der Waals surface area (Å²) in [7, 11) is 0. The second-order valence-corrected chi connectivity index (χ2v) is 4.98. The van der Waals surface area contributed by atoms with Gasteiger partial charge < -0.3 is 10.6 Å².